The number of nitrogens with one attached hydrogen (secondary N) is 1. The standard InChI is InChI=1S/C24H36N2O3/c1-17(27)13-20(21-15-19-7-5-6-8-22(19)25-16-21)14-18-9-11-26(12-10-18)23(28)29-24(2,3)4/h5-8,18,20-21,25H,9-16H2,1-4H3/t20-,21?/m1/s1. The molecule has 2 heterocycles. The molecule has 3 rings (SSSR count). The summed E-state index contributed by atoms with van der Waals surface area (Å²) in [5, 5.41) is 3.57. The fourth-order valence-electron chi connectivity index (χ4n) is 4.72. The molecule has 1 fully saturated rings. The lowest BCUT2D eigenvalue weighted by Gasteiger charge is -2.37. The van der Waals surface area contributed by atoms with E-state index in [9.17, 15) is 9.59 Å². The minimum absolute atomic E-state index is 0.204. The van der Waals surface area contributed by atoms with Crippen molar-refractivity contribution in [2.24, 2.45) is 17.8 Å². The average Bonchev–Trinajstić information content (AvgIpc) is 2.66. The zero-order chi connectivity index (χ0) is 21.0. The van der Waals surface area contributed by atoms with Crippen LogP contribution in [0.25, 0.3) is 0 Å². The zero-order valence-corrected chi connectivity index (χ0v) is 18.4. The number of fused-ring (bicyclic) bond motifs is 1. The maximum absolute atomic E-state index is 12.3. The summed E-state index contributed by atoms with van der Waals surface area (Å²) in [6.45, 7) is 9.85. The number of Topliss-reactive ketones (excluding diaryl/α,β-unsaturated/α-hetero) is 1. The van der Waals surface area contributed by atoms with Crippen molar-refractivity contribution in [1.82, 2.24) is 4.90 Å². The van der Waals surface area contributed by atoms with Crippen LogP contribution in [0.2, 0.25) is 0 Å². The van der Waals surface area contributed by atoms with Gasteiger partial charge >= 0.3 is 6.09 Å². The number of amides is 1. The third-order valence-corrected chi connectivity index (χ3v) is 6.17. The number of likely N-dealkylation sites (tertiary alicyclic amines) is 1. The molecule has 2 aliphatic heterocycles. The summed E-state index contributed by atoms with van der Waals surface area (Å²) in [5.41, 5.74) is 2.14. The third kappa shape index (κ3) is 6.22. The Kier molecular flexibility index (Phi) is 6.86. The Balaban J connectivity index is 1.56. The quantitative estimate of drug-likeness (QED) is 0.763. The van der Waals surface area contributed by atoms with Crippen LogP contribution in [0.5, 0.6) is 0 Å². The molecule has 0 aromatic heterocycles. The molecule has 0 aliphatic carbocycles. The van der Waals surface area contributed by atoms with E-state index in [0.717, 1.165) is 45.3 Å². The normalized spacial score (nSPS) is 21.1. The van der Waals surface area contributed by atoms with Gasteiger partial charge in [0.1, 0.15) is 11.4 Å². The predicted octanol–water partition coefficient (Wildman–Crippen LogP) is 4.90. The number of ether oxygens (including phenoxy) is 1. The predicted molar refractivity (Wildman–Crippen MR) is 116 cm³/mol. The maximum atomic E-state index is 12.3. The van der Waals surface area contributed by atoms with Crippen LogP contribution in [0.1, 0.15) is 58.9 Å². The summed E-state index contributed by atoms with van der Waals surface area (Å²) < 4.78 is 5.51. The second kappa shape index (κ2) is 9.19. The molecule has 0 saturated carbocycles. The van der Waals surface area contributed by atoms with E-state index in [0.29, 0.717) is 24.2 Å². The van der Waals surface area contributed by atoms with Crippen LogP contribution in [0, 0.1) is 17.8 Å². The smallest absolute Gasteiger partial charge is 0.410 e. The van der Waals surface area contributed by atoms with Gasteiger partial charge in [-0.3, -0.25) is 0 Å². The Morgan fingerprint density at radius 1 is 1.21 bits per heavy atom. The third-order valence-electron chi connectivity index (χ3n) is 6.17. The van der Waals surface area contributed by atoms with Crippen LogP contribution >= 0.6 is 0 Å². The topological polar surface area (TPSA) is 58.6 Å². The molecule has 5 heteroatoms. The summed E-state index contributed by atoms with van der Waals surface area (Å²) in [6, 6.07) is 8.49. The number of hydrogen-bond acceptors (Lipinski definition) is 4. The van der Waals surface area contributed by atoms with E-state index in [-0.39, 0.29) is 11.9 Å². The highest BCUT2D eigenvalue weighted by Gasteiger charge is 2.32. The van der Waals surface area contributed by atoms with Crippen molar-refractivity contribution in [2.45, 2.75) is 65.4 Å². The minimum Gasteiger partial charge on any atom is -0.444 e. The lowest BCUT2D eigenvalue weighted by atomic mass is 9.75. The lowest BCUT2D eigenvalue weighted by Crippen LogP contribution is -2.42. The molecule has 1 N–H and O–H groups in total. The molecule has 5 nitrogen and oxygen atoms in total. The average molecular weight is 401 g/mol. The Morgan fingerprint density at radius 3 is 2.55 bits per heavy atom. The lowest BCUT2D eigenvalue weighted by molar-refractivity contribution is -0.118. The highest BCUT2D eigenvalue weighted by molar-refractivity contribution is 5.75. The first-order chi connectivity index (χ1) is 13.7. The molecule has 29 heavy (non-hydrogen) atoms. The van der Waals surface area contributed by atoms with Crippen molar-refractivity contribution < 1.29 is 14.3 Å². The Hall–Kier alpha value is -2.04. The summed E-state index contributed by atoms with van der Waals surface area (Å²) in [5.74, 6) is 1.72. The molecule has 0 bridgehead atoms. The number of hydrogen-bond donors (Lipinski definition) is 1. The second-order valence-electron chi connectivity index (χ2n) is 9.81. The summed E-state index contributed by atoms with van der Waals surface area (Å²) in [6.07, 6.45) is 4.54. The number of piperidine rings is 1. The number of carbonyl (C=O) groups excluding carboxylic acids is 2. The van der Waals surface area contributed by atoms with Gasteiger partial charge in [0, 0.05) is 31.7 Å². The first kappa shape index (κ1) is 21.7. The fourth-order valence-corrected chi connectivity index (χ4v) is 4.72. The van der Waals surface area contributed by atoms with E-state index in [1.807, 2.05) is 25.7 Å². The van der Waals surface area contributed by atoms with Crippen LogP contribution in [0.4, 0.5) is 10.5 Å². The summed E-state index contributed by atoms with van der Waals surface area (Å²) >= 11 is 0. The van der Waals surface area contributed by atoms with E-state index in [1.54, 1.807) is 6.92 Å². The van der Waals surface area contributed by atoms with Crippen molar-refractivity contribution in [3.63, 3.8) is 0 Å². The summed E-state index contributed by atoms with van der Waals surface area (Å²) in [7, 11) is 0. The van der Waals surface area contributed by atoms with Gasteiger partial charge in [0.25, 0.3) is 0 Å². The highest BCUT2D eigenvalue weighted by Crippen LogP contribution is 2.35. The molecule has 2 aliphatic rings. The Bertz CT molecular complexity index is 717. The first-order valence-electron chi connectivity index (χ1n) is 11.0. The van der Waals surface area contributed by atoms with Crippen molar-refractivity contribution in [3.05, 3.63) is 29.8 Å². The number of carbonyl (C=O) groups is 2. The molecule has 1 amide bonds. The number of benzene rings is 1. The zero-order valence-electron chi connectivity index (χ0n) is 18.4. The molecule has 0 spiro atoms. The van der Waals surface area contributed by atoms with Crippen molar-refractivity contribution in [3.8, 4) is 0 Å². The molecule has 160 valence electrons. The van der Waals surface area contributed by atoms with E-state index in [2.05, 4.69) is 29.6 Å². The highest BCUT2D eigenvalue weighted by atomic mass is 16.6. The number of ketones is 1. The molecule has 1 unspecified atom stereocenters. The molecule has 1 aromatic rings. The van der Waals surface area contributed by atoms with Crippen LogP contribution in [0.3, 0.4) is 0 Å². The molecular weight excluding hydrogens is 364 g/mol. The van der Waals surface area contributed by atoms with E-state index >= 15 is 0 Å². The van der Waals surface area contributed by atoms with E-state index < -0.39 is 5.60 Å². The summed E-state index contributed by atoms with van der Waals surface area (Å²) in [4.78, 5) is 26.1. The van der Waals surface area contributed by atoms with Gasteiger partial charge in [0.15, 0.2) is 0 Å². The Labute approximate surface area is 175 Å². The first-order valence-corrected chi connectivity index (χ1v) is 11.0. The number of para-hydroxylation sites is 1. The van der Waals surface area contributed by atoms with Crippen LogP contribution in [-0.4, -0.2) is 42.0 Å². The van der Waals surface area contributed by atoms with Crippen LogP contribution in [0.15, 0.2) is 24.3 Å². The van der Waals surface area contributed by atoms with E-state index in [4.69, 9.17) is 4.74 Å². The van der Waals surface area contributed by atoms with Gasteiger partial charge in [-0.05, 0) is 82.8 Å². The molecular formula is C24H36N2O3. The fraction of sp³-hybridized carbons (Fsp3) is 0.667. The molecule has 0 radical (unpaired) electrons. The number of anilines is 1. The van der Waals surface area contributed by atoms with Crippen LogP contribution in [-0.2, 0) is 16.0 Å². The number of nitrogens with zero attached hydrogens (tertiary/aromatic N) is 1. The van der Waals surface area contributed by atoms with Crippen molar-refractivity contribution in [2.75, 3.05) is 25.0 Å². The van der Waals surface area contributed by atoms with E-state index in [1.165, 1.54) is 11.3 Å². The van der Waals surface area contributed by atoms with Gasteiger partial charge < -0.3 is 19.7 Å². The van der Waals surface area contributed by atoms with Gasteiger partial charge in [-0.2, -0.15) is 0 Å². The van der Waals surface area contributed by atoms with Gasteiger partial charge in [0.05, 0.1) is 0 Å². The minimum atomic E-state index is -0.454. The maximum Gasteiger partial charge on any atom is 0.410 e. The second-order valence-corrected chi connectivity index (χ2v) is 9.81. The van der Waals surface area contributed by atoms with Crippen molar-refractivity contribution in [1.29, 1.82) is 0 Å². The van der Waals surface area contributed by atoms with Crippen LogP contribution < -0.4 is 5.32 Å². The molecule has 2 atom stereocenters. The van der Waals surface area contributed by atoms with Gasteiger partial charge in [-0.1, -0.05) is 18.2 Å². The monoisotopic (exact) mass is 400 g/mol. The molecule has 1 aromatic carbocycles. The van der Waals surface area contributed by atoms with Gasteiger partial charge in [-0.25, -0.2) is 4.79 Å². The SMILES string of the molecule is CC(=O)C[C@H](CC1CCN(C(=O)OC(C)(C)C)CC1)C1CNc2ccccc2C1. The molecule has 1 saturated heterocycles. The van der Waals surface area contributed by atoms with Gasteiger partial charge in [0.2, 0.25) is 0 Å². The largest absolute Gasteiger partial charge is 0.444 e. The Morgan fingerprint density at radius 2 is 1.90 bits per heavy atom. The number of rotatable bonds is 5. The van der Waals surface area contributed by atoms with Crippen molar-refractivity contribution >= 4 is 17.6 Å². The van der Waals surface area contributed by atoms with Gasteiger partial charge in [-0.15, -0.1) is 0 Å².